The van der Waals surface area contributed by atoms with E-state index < -0.39 is 4.92 Å². The molecule has 0 amide bonds. The van der Waals surface area contributed by atoms with Crippen LogP contribution >= 0.6 is 0 Å². The lowest BCUT2D eigenvalue weighted by Crippen LogP contribution is -2.05. The molecule has 0 aliphatic heterocycles. The van der Waals surface area contributed by atoms with Gasteiger partial charge in [-0.25, -0.2) is 0 Å². The monoisotopic (exact) mass is 299 g/mol. The normalized spacial score (nSPS) is 10.9. The number of nitro groups is 1. The molecule has 0 aliphatic rings. The summed E-state index contributed by atoms with van der Waals surface area (Å²) in [5.41, 5.74) is 4.48. The van der Waals surface area contributed by atoms with Gasteiger partial charge in [-0.2, -0.15) is 5.10 Å². The fourth-order valence-electron chi connectivity index (χ4n) is 1.74. The van der Waals surface area contributed by atoms with Gasteiger partial charge in [0.25, 0.3) is 5.69 Å². The van der Waals surface area contributed by atoms with Gasteiger partial charge in [0.1, 0.15) is 5.75 Å². The van der Waals surface area contributed by atoms with Gasteiger partial charge in [0.15, 0.2) is 0 Å². The van der Waals surface area contributed by atoms with E-state index in [1.807, 2.05) is 38.1 Å². The molecule has 2 rings (SSSR count). The summed E-state index contributed by atoms with van der Waals surface area (Å²) in [5, 5.41) is 14.6. The highest BCUT2D eigenvalue weighted by Gasteiger charge is 2.02. The number of anilines is 1. The highest BCUT2D eigenvalue weighted by molar-refractivity contribution is 5.80. The standard InChI is InChI=1S/C16H17N3O3/c1-12(2)22-16-9-3-13(4-10-16)11-17-18-14-5-7-15(8-6-14)19(20)21/h3-12,18H,1-2H3/b17-11+. The molecule has 114 valence electrons. The molecule has 0 saturated heterocycles. The van der Waals surface area contributed by atoms with Crippen molar-refractivity contribution in [2.75, 3.05) is 5.43 Å². The molecular weight excluding hydrogens is 282 g/mol. The summed E-state index contributed by atoms with van der Waals surface area (Å²) in [6.07, 6.45) is 1.81. The molecule has 0 aliphatic carbocycles. The maximum absolute atomic E-state index is 10.6. The van der Waals surface area contributed by atoms with Crippen molar-refractivity contribution in [3.8, 4) is 5.75 Å². The van der Waals surface area contributed by atoms with Crippen LogP contribution in [-0.2, 0) is 0 Å². The van der Waals surface area contributed by atoms with Crippen molar-refractivity contribution in [1.29, 1.82) is 0 Å². The van der Waals surface area contributed by atoms with Crippen molar-refractivity contribution in [3.63, 3.8) is 0 Å². The number of nitrogens with zero attached hydrogens (tertiary/aromatic N) is 2. The number of hydrogen-bond acceptors (Lipinski definition) is 5. The average Bonchev–Trinajstić information content (AvgIpc) is 2.49. The van der Waals surface area contributed by atoms with Crippen LogP contribution in [0.2, 0.25) is 0 Å². The van der Waals surface area contributed by atoms with E-state index in [2.05, 4.69) is 10.5 Å². The Bertz CT molecular complexity index is 649. The summed E-state index contributed by atoms with van der Waals surface area (Å²) in [4.78, 5) is 10.1. The first-order valence-electron chi connectivity index (χ1n) is 6.85. The quantitative estimate of drug-likeness (QED) is 0.499. The minimum atomic E-state index is -0.437. The molecular formula is C16H17N3O3. The van der Waals surface area contributed by atoms with Crippen LogP contribution in [0.5, 0.6) is 5.75 Å². The van der Waals surface area contributed by atoms with E-state index in [0.717, 1.165) is 11.3 Å². The largest absolute Gasteiger partial charge is 0.491 e. The molecule has 0 radical (unpaired) electrons. The van der Waals surface area contributed by atoms with Gasteiger partial charge in [0, 0.05) is 12.1 Å². The zero-order valence-electron chi connectivity index (χ0n) is 12.4. The third-order valence-corrected chi connectivity index (χ3v) is 2.74. The molecule has 1 N–H and O–H groups in total. The molecule has 2 aromatic rings. The zero-order valence-corrected chi connectivity index (χ0v) is 12.4. The first-order chi connectivity index (χ1) is 10.5. The van der Waals surface area contributed by atoms with Crippen molar-refractivity contribution in [2.45, 2.75) is 20.0 Å². The van der Waals surface area contributed by atoms with Crippen LogP contribution in [0.1, 0.15) is 19.4 Å². The van der Waals surface area contributed by atoms with Crippen LogP contribution in [0, 0.1) is 10.1 Å². The van der Waals surface area contributed by atoms with Crippen molar-refractivity contribution in [2.24, 2.45) is 5.10 Å². The fourth-order valence-corrected chi connectivity index (χ4v) is 1.74. The smallest absolute Gasteiger partial charge is 0.269 e. The van der Waals surface area contributed by atoms with E-state index >= 15 is 0 Å². The minimum absolute atomic E-state index is 0.0512. The maximum Gasteiger partial charge on any atom is 0.269 e. The molecule has 6 heteroatoms. The Morgan fingerprint density at radius 1 is 1.14 bits per heavy atom. The Hall–Kier alpha value is -2.89. The Kier molecular flexibility index (Phi) is 5.08. The van der Waals surface area contributed by atoms with Gasteiger partial charge >= 0.3 is 0 Å². The van der Waals surface area contributed by atoms with Gasteiger partial charge in [0.05, 0.1) is 22.9 Å². The van der Waals surface area contributed by atoms with E-state index in [0.29, 0.717) is 5.69 Å². The second kappa shape index (κ2) is 7.21. The van der Waals surface area contributed by atoms with Gasteiger partial charge in [-0.15, -0.1) is 0 Å². The Labute approximate surface area is 128 Å². The molecule has 0 atom stereocenters. The maximum atomic E-state index is 10.6. The fraction of sp³-hybridized carbons (Fsp3) is 0.188. The number of nitro benzene ring substituents is 1. The number of rotatable bonds is 6. The van der Waals surface area contributed by atoms with E-state index in [9.17, 15) is 10.1 Å². The van der Waals surface area contributed by atoms with Crippen molar-refractivity contribution in [1.82, 2.24) is 0 Å². The highest BCUT2D eigenvalue weighted by atomic mass is 16.6. The van der Waals surface area contributed by atoms with E-state index in [-0.39, 0.29) is 11.8 Å². The third kappa shape index (κ3) is 4.59. The lowest BCUT2D eigenvalue weighted by Gasteiger charge is -2.09. The summed E-state index contributed by atoms with van der Waals surface area (Å²) < 4.78 is 5.56. The Balaban J connectivity index is 1.93. The number of benzene rings is 2. The first kappa shape index (κ1) is 15.5. The number of hydrogen-bond donors (Lipinski definition) is 1. The molecule has 0 heterocycles. The van der Waals surface area contributed by atoms with Crippen LogP contribution < -0.4 is 10.2 Å². The number of hydrazone groups is 1. The third-order valence-electron chi connectivity index (χ3n) is 2.74. The summed E-state index contributed by atoms with van der Waals surface area (Å²) in [5.74, 6) is 0.815. The summed E-state index contributed by atoms with van der Waals surface area (Å²) in [6, 6.07) is 13.6. The molecule has 2 aromatic carbocycles. The van der Waals surface area contributed by atoms with Crippen molar-refractivity contribution < 1.29 is 9.66 Å². The van der Waals surface area contributed by atoms with E-state index in [1.54, 1.807) is 18.3 Å². The van der Waals surface area contributed by atoms with Gasteiger partial charge in [-0.05, 0) is 55.8 Å². The van der Waals surface area contributed by atoms with E-state index in [1.165, 1.54) is 12.1 Å². The van der Waals surface area contributed by atoms with Gasteiger partial charge in [-0.3, -0.25) is 15.5 Å². The van der Waals surface area contributed by atoms with Crippen LogP contribution in [0.3, 0.4) is 0 Å². The van der Waals surface area contributed by atoms with Gasteiger partial charge in [-0.1, -0.05) is 0 Å². The van der Waals surface area contributed by atoms with Crippen LogP contribution in [-0.4, -0.2) is 17.2 Å². The summed E-state index contributed by atoms with van der Waals surface area (Å²) >= 11 is 0. The number of non-ortho nitro benzene ring substituents is 1. The predicted molar refractivity (Wildman–Crippen MR) is 86.5 cm³/mol. The van der Waals surface area contributed by atoms with Crippen LogP contribution in [0.15, 0.2) is 53.6 Å². The minimum Gasteiger partial charge on any atom is -0.491 e. The lowest BCUT2D eigenvalue weighted by atomic mass is 10.2. The molecule has 0 unspecified atom stereocenters. The average molecular weight is 299 g/mol. The van der Waals surface area contributed by atoms with Crippen LogP contribution in [0.25, 0.3) is 0 Å². The molecule has 6 nitrogen and oxygen atoms in total. The first-order valence-corrected chi connectivity index (χ1v) is 6.85. The molecule has 0 fully saturated rings. The number of ether oxygens (including phenoxy) is 1. The molecule has 0 saturated carbocycles. The van der Waals surface area contributed by atoms with E-state index in [4.69, 9.17) is 4.74 Å². The highest BCUT2D eigenvalue weighted by Crippen LogP contribution is 2.15. The van der Waals surface area contributed by atoms with Gasteiger partial charge < -0.3 is 4.74 Å². The molecule has 22 heavy (non-hydrogen) atoms. The Morgan fingerprint density at radius 2 is 1.77 bits per heavy atom. The summed E-state index contributed by atoms with van der Waals surface area (Å²) in [6.45, 7) is 3.95. The van der Waals surface area contributed by atoms with Gasteiger partial charge in [0.2, 0.25) is 0 Å². The number of nitrogens with one attached hydrogen (secondary N) is 1. The van der Waals surface area contributed by atoms with Crippen molar-refractivity contribution >= 4 is 17.6 Å². The molecule has 0 bridgehead atoms. The van der Waals surface area contributed by atoms with Crippen molar-refractivity contribution in [3.05, 3.63) is 64.2 Å². The molecule has 0 aromatic heterocycles. The topological polar surface area (TPSA) is 76.8 Å². The zero-order chi connectivity index (χ0) is 15.9. The second-order valence-electron chi connectivity index (χ2n) is 4.91. The summed E-state index contributed by atoms with van der Waals surface area (Å²) in [7, 11) is 0. The second-order valence-corrected chi connectivity index (χ2v) is 4.91. The SMILES string of the molecule is CC(C)Oc1ccc(/C=N/Nc2ccc([N+](=O)[O-])cc2)cc1. The Morgan fingerprint density at radius 3 is 2.32 bits per heavy atom. The predicted octanol–water partition coefficient (Wildman–Crippen LogP) is 3.83. The lowest BCUT2D eigenvalue weighted by molar-refractivity contribution is -0.384. The molecule has 0 spiro atoms. The van der Waals surface area contributed by atoms with Crippen LogP contribution in [0.4, 0.5) is 11.4 Å².